The van der Waals surface area contributed by atoms with E-state index in [2.05, 4.69) is 17.2 Å². The number of thioether (sulfide) groups is 1. The number of carbonyl (C=O) groups is 2. The van der Waals surface area contributed by atoms with E-state index in [4.69, 9.17) is 19.3 Å². The highest BCUT2D eigenvalue weighted by Crippen LogP contribution is 2.37. The van der Waals surface area contributed by atoms with Crippen LogP contribution < -0.4 is 10.1 Å². The predicted molar refractivity (Wildman–Crippen MR) is 156 cm³/mol. The molecule has 41 heavy (non-hydrogen) atoms. The Hall–Kier alpha value is -3.83. The van der Waals surface area contributed by atoms with Gasteiger partial charge in [-0.1, -0.05) is 67.6 Å². The summed E-state index contributed by atoms with van der Waals surface area (Å²) in [6.07, 6.45) is 2.15. The zero-order valence-electron chi connectivity index (χ0n) is 23.4. The van der Waals surface area contributed by atoms with E-state index >= 15 is 0 Å². The van der Waals surface area contributed by atoms with Gasteiger partial charge in [0.05, 0.1) is 18.8 Å². The zero-order valence-corrected chi connectivity index (χ0v) is 24.2. The Balaban J connectivity index is 1.36. The van der Waals surface area contributed by atoms with E-state index in [1.165, 1.54) is 0 Å². The lowest BCUT2D eigenvalue weighted by Gasteiger charge is -2.28. The van der Waals surface area contributed by atoms with Crippen molar-refractivity contribution in [2.75, 3.05) is 44.0 Å². The first kappa shape index (κ1) is 28.7. The lowest BCUT2D eigenvalue weighted by Crippen LogP contribution is -2.42. The molecule has 0 aliphatic carbocycles. The average molecular weight is 578 g/mol. The molecular formula is C30H35N5O5S. The number of amides is 1. The van der Waals surface area contributed by atoms with Crippen molar-refractivity contribution in [1.82, 2.24) is 19.7 Å². The molecule has 0 spiro atoms. The van der Waals surface area contributed by atoms with Crippen LogP contribution in [0.5, 0.6) is 5.75 Å². The number of nitrogens with zero attached hydrogens (tertiary/aromatic N) is 4. The fourth-order valence-corrected chi connectivity index (χ4v) is 5.58. The number of carbonyl (C=O) groups excluding carboxylic acids is 2. The Morgan fingerprint density at radius 3 is 2.59 bits per heavy atom. The van der Waals surface area contributed by atoms with Crippen molar-refractivity contribution in [3.05, 3.63) is 77.0 Å². The van der Waals surface area contributed by atoms with Crippen LogP contribution in [-0.4, -0.2) is 70.2 Å². The average Bonchev–Trinajstić information content (AvgIpc) is 3.41. The minimum atomic E-state index is -0.549. The summed E-state index contributed by atoms with van der Waals surface area (Å²) in [7, 11) is 0. The smallest absolute Gasteiger partial charge is 0.338 e. The molecule has 1 unspecified atom stereocenters. The van der Waals surface area contributed by atoms with Gasteiger partial charge >= 0.3 is 5.97 Å². The van der Waals surface area contributed by atoms with E-state index in [-0.39, 0.29) is 19.1 Å². The summed E-state index contributed by atoms with van der Waals surface area (Å²) in [4.78, 5) is 32.5. The molecule has 10 nitrogen and oxygen atoms in total. The summed E-state index contributed by atoms with van der Waals surface area (Å²) in [5.74, 6) is 1.55. The summed E-state index contributed by atoms with van der Waals surface area (Å²) in [5.41, 5.74) is 2.85. The number of esters is 1. The first-order valence-corrected chi connectivity index (χ1v) is 14.9. The normalized spacial score (nSPS) is 16.6. The van der Waals surface area contributed by atoms with Crippen LogP contribution in [0.1, 0.15) is 43.9 Å². The van der Waals surface area contributed by atoms with Gasteiger partial charge in [-0.3, -0.25) is 4.79 Å². The molecule has 2 aliphatic rings. The van der Waals surface area contributed by atoms with Gasteiger partial charge in [0.25, 0.3) is 5.91 Å². The van der Waals surface area contributed by atoms with E-state index in [1.54, 1.807) is 33.5 Å². The van der Waals surface area contributed by atoms with Crippen LogP contribution in [0.25, 0.3) is 0 Å². The third-order valence-corrected chi connectivity index (χ3v) is 7.84. The quantitative estimate of drug-likeness (QED) is 0.201. The molecule has 3 aromatic rings. The number of hydrogen-bond donors (Lipinski definition) is 1. The highest BCUT2D eigenvalue weighted by atomic mass is 32.2. The number of fused-ring (bicyclic) bond motifs is 1. The Morgan fingerprint density at radius 2 is 1.85 bits per heavy atom. The molecule has 1 amide bonds. The van der Waals surface area contributed by atoms with Gasteiger partial charge in [-0.25, -0.2) is 9.48 Å². The summed E-state index contributed by atoms with van der Waals surface area (Å²) >= 11 is 1.60. The van der Waals surface area contributed by atoms with Crippen molar-refractivity contribution in [2.45, 2.75) is 44.5 Å². The number of benzene rings is 2. The molecule has 0 bridgehead atoms. The number of nitrogens with one attached hydrogen (secondary N) is 1. The van der Waals surface area contributed by atoms with Gasteiger partial charge < -0.3 is 24.4 Å². The molecule has 1 saturated heterocycles. The predicted octanol–water partition coefficient (Wildman–Crippen LogP) is 4.44. The van der Waals surface area contributed by atoms with Gasteiger partial charge in [-0.2, -0.15) is 4.98 Å². The Morgan fingerprint density at radius 1 is 1.10 bits per heavy atom. The second kappa shape index (κ2) is 13.7. The highest BCUT2D eigenvalue weighted by Gasteiger charge is 2.35. The molecule has 216 valence electrons. The third-order valence-electron chi connectivity index (χ3n) is 6.92. The van der Waals surface area contributed by atoms with Crippen LogP contribution >= 0.6 is 11.8 Å². The van der Waals surface area contributed by atoms with Gasteiger partial charge in [0.2, 0.25) is 11.1 Å². The molecule has 3 heterocycles. The minimum absolute atomic E-state index is 0.0473. The summed E-state index contributed by atoms with van der Waals surface area (Å²) in [6.45, 7) is 6.35. The molecule has 5 rings (SSSR count). The van der Waals surface area contributed by atoms with Crippen LogP contribution in [0.4, 0.5) is 5.95 Å². The Kier molecular flexibility index (Phi) is 9.58. The number of morpholine rings is 1. The van der Waals surface area contributed by atoms with Gasteiger partial charge in [-0.05, 0) is 36.6 Å². The second-order valence-corrected chi connectivity index (χ2v) is 10.9. The molecule has 1 N–H and O–H groups in total. The number of anilines is 1. The number of hydrogen-bond acceptors (Lipinski definition) is 9. The highest BCUT2D eigenvalue weighted by molar-refractivity contribution is 7.99. The van der Waals surface area contributed by atoms with Gasteiger partial charge in [-0.15, -0.1) is 5.10 Å². The van der Waals surface area contributed by atoms with Crippen LogP contribution in [0, 0.1) is 0 Å². The van der Waals surface area contributed by atoms with E-state index in [9.17, 15) is 9.59 Å². The zero-order chi connectivity index (χ0) is 28.6. The lowest BCUT2D eigenvalue weighted by molar-refractivity contribution is -0.141. The number of rotatable bonds is 11. The maximum atomic E-state index is 13.5. The maximum Gasteiger partial charge on any atom is 0.338 e. The van der Waals surface area contributed by atoms with Crippen LogP contribution in [0.2, 0.25) is 0 Å². The summed E-state index contributed by atoms with van der Waals surface area (Å²) < 4.78 is 18.6. The van der Waals surface area contributed by atoms with Gasteiger partial charge in [0, 0.05) is 24.5 Å². The lowest BCUT2D eigenvalue weighted by atomic mass is 9.95. The maximum absolute atomic E-state index is 13.5. The van der Waals surface area contributed by atoms with Gasteiger partial charge in [0.1, 0.15) is 18.4 Å². The number of unbranched alkanes of at least 4 members (excludes halogenated alkanes) is 1. The first-order chi connectivity index (χ1) is 20.0. The van der Waals surface area contributed by atoms with Crippen LogP contribution in [0.3, 0.4) is 0 Å². The molecular weight excluding hydrogens is 542 g/mol. The Bertz CT molecular complexity index is 1370. The topological polar surface area (TPSA) is 108 Å². The fourth-order valence-electron chi connectivity index (χ4n) is 4.67. The van der Waals surface area contributed by atoms with Crippen molar-refractivity contribution in [3.8, 4) is 5.75 Å². The Labute approximate surface area is 244 Å². The number of allylic oxidation sites excluding steroid dienone is 1. The molecule has 2 aromatic carbocycles. The molecule has 1 fully saturated rings. The second-order valence-electron chi connectivity index (χ2n) is 9.84. The minimum Gasteiger partial charge on any atom is -0.484 e. The fraction of sp³-hybridized carbons (Fsp3) is 0.400. The van der Waals surface area contributed by atoms with Crippen LogP contribution in [0.15, 0.2) is 71.0 Å². The molecule has 11 heteroatoms. The van der Waals surface area contributed by atoms with E-state index in [0.717, 1.165) is 29.7 Å². The number of aromatic nitrogens is 3. The molecule has 1 atom stereocenters. The van der Waals surface area contributed by atoms with Crippen LogP contribution in [-0.2, 0) is 25.7 Å². The summed E-state index contributed by atoms with van der Waals surface area (Å²) in [6, 6.07) is 16.4. The first-order valence-electron chi connectivity index (χ1n) is 13.9. The molecule has 1 aromatic heterocycles. The molecule has 0 radical (unpaired) electrons. The van der Waals surface area contributed by atoms with Crippen molar-refractivity contribution in [1.29, 1.82) is 0 Å². The van der Waals surface area contributed by atoms with E-state index in [1.807, 2.05) is 49.4 Å². The van der Waals surface area contributed by atoms with Crippen molar-refractivity contribution in [2.24, 2.45) is 0 Å². The molecule has 2 aliphatic heterocycles. The monoisotopic (exact) mass is 577 g/mol. The summed E-state index contributed by atoms with van der Waals surface area (Å²) in [5, 5.41) is 8.68. The largest absolute Gasteiger partial charge is 0.484 e. The van der Waals surface area contributed by atoms with Crippen molar-refractivity contribution in [3.63, 3.8) is 0 Å². The number of ether oxygens (including phenoxy) is 3. The van der Waals surface area contributed by atoms with E-state index in [0.29, 0.717) is 54.4 Å². The van der Waals surface area contributed by atoms with Crippen molar-refractivity contribution >= 4 is 29.6 Å². The third kappa shape index (κ3) is 7.09. The molecule has 0 saturated carbocycles. The van der Waals surface area contributed by atoms with Gasteiger partial charge in [0.15, 0.2) is 6.61 Å². The van der Waals surface area contributed by atoms with E-state index < -0.39 is 12.0 Å². The SMILES string of the molecule is CCCCSc1nc2n(n1)C(c1ccc(OCC(=O)N3CCOCC3)cc1)C(C(=O)OCc1ccccc1)=C(C)N2. The standard InChI is InChI=1S/C30H35N5O5S/c1-3-4-18-41-30-32-29-31-21(2)26(28(37)40-19-22-8-6-5-7-9-22)27(35(29)33-30)23-10-12-24(13-11-23)39-20-25(36)34-14-16-38-17-15-34/h5-13,27H,3-4,14-20H2,1-2H3,(H,31,32,33). The van der Waals surface area contributed by atoms with Crippen molar-refractivity contribution < 1.29 is 23.8 Å².